The van der Waals surface area contributed by atoms with E-state index in [9.17, 15) is 4.79 Å². The zero-order valence-electron chi connectivity index (χ0n) is 17.6. The summed E-state index contributed by atoms with van der Waals surface area (Å²) in [5.74, 6) is 2.13. The van der Waals surface area contributed by atoms with E-state index in [0.717, 1.165) is 0 Å². The molecule has 3 aromatic carbocycles. The standard InChI is InChI=1S/C24H21N3O5/c1-29-20-13-12-16(14-21(20)30-2)23-26-24(32-27-23)18-10-6-7-11-19(18)25-22(28)15-31-17-8-4-3-5-9-17/h3-14H,15H2,1-2H3,(H,25,28). The fourth-order valence-corrected chi connectivity index (χ4v) is 3.06. The van der Waals surface area contributed by atoms with Crippen molar-refractivity contribution in [3.8, 4) is 40.1 Å². The molecule has 1 N–H and O–H groups in total. The van der Waals surface area contributed by atoms with Crippen molar-refractivity contribution in [2.45, 2.75) is 0 Å². The summed E-state index contributed by atoms with van der Waals surface area (Å²) in [4.78, 5) is 16.9. The number of rotatable bonds is 8. The molecule has 0 fully saturated rings. The minimum Gasteiger partial charge on any atom is -0.493 e. The normalized spacial score (nSPS) is 10.4. The van der Waals surface area contributed by atoms with Gasteiger partial charge in [-0.3, -0.25) is 4.79 Å². The van der Waals surface area contributed by atoms with E-state index in [0.29, 0.717) is 39.9 Å². The lowest BCUT2D eigenvalue weighted by Crippen LogP contribution is -2.20. The molecule has 0 unspecified atom stereocenters. The van der Waals surface area contributed by atoms with Crippen molar-refractivity contribution in [2.75, 3.05) is 26.1 Å². The lowest BCUT2D eigenvalue weighted by atomic mass is 10.1. The third-order valence-electron chi connectivity index (χ3n) is 4.61. The van der Waals surface area contributed by atoms with E-state index in [-0.39, 0.29) is 18.4 Å². The van der Waals surface area contributed by atoms with Gasteiger partial charge in [0.15, 0.2) is 18.1 Å². The number of ether oxygens (including phenoxy) is 3. The van der Waals surface area contributed by atoms with Crippen molar-refractivity contribution in [3.63, 3.8) is 0 Å². The number of hydrogen-bond acceptors (Lipinski definition) is 7. The second-order valence-electron chi connectivity index (χ2n) is 6.69. The van der Waals surface area contributed by atoms with Crippen LogP contribution >= 0.6 is 0 Å². The van der Waals surface area contributed by atoms with Crippen molar-refractivity contribution < 1.29 is 23.5 Å². The Hall–Kier alpha value is -4.33. The highest BCUT2D eigenvalue weighted by Gasteiger charge is 2.17. The van der Waals surface area contributed by atoms with Gasteiger partial charge in [-0.25, -0.2) is 0 Å². The molecule has 0 saturated carbocycles. The maximum atomic E-state index is 12.4. The van der Waals surface area contributed by atoms with Crippen molar-refractivity contribution in [2.24, 2.45) is 0 Å². The summed E-state index contributed by atoms with van der Waals surface area (Å²) < 4.78 is 21.6. The smallest absolute Gasteiger partial charge is 0.262 e. The molecule has 4 rings (SSSR count). The Balaban J connectivity index is 1.52. The van der Waals surface area contributed by atoms with E-state index in [1.807, 2.05) is 36.4 Å². The fourth-order valence-electron chi connectivity index (χ4n) is 3.06. The minimum absolute atomic E-state index is 0.126. The van der Waals surface area contributed by atoms with Crippen LogP contribution in [0.15, 0.2) is 77.3 Å². The molecule has 0 saturated heterocycles. The Kier molecular flexibility index (Phi) is 6.31. The van der Waals surface area contributed by atoms with Gasteiger partial charge in [-0.1, -0.05) is 35.5 Å². The Bertz CT molecular complexity index is 1210. The minimum atomic E-state index is -0.305. The van der Waals surface area contributed by atoms with Gasteiger partial charge in [-0.2, -0.15) is 4.98 Å². The average Bonchev–Trinajstić information content (AvgIpc) is 3.33. The molecule has 1 heterocycles. The molecule has 162 valence electrons. The van der Waals surface area contributed by atoms with Crippen molar-refractivity contribution >= 4 is 11.6 Å². The Labute approximate surface area is 184 Å². The third-order valence-corrected chi connectivity index (χ3v) is 4.61. The molecule has 0 aliphatic rings. The lowest BCUT2D eigenvalue weighted by Gasteiger charge is -2.09. The van der Waals surface area contributed by atoms with Crippen molar-refractivity contribution in [3.05, 3.63) is 72.8 Å². The number of nitrogens with one attached hydrogen (secondary N) is 1. The van der Waals surface area contributed by atoms with E-state index in [4.69, 9.17) is 18.7 Å². The predicted molar refractivity (Wildman–Crippen MR) is 119 cm³/mol. The largest absolute Gasteiger partial charge is 0.493 e. The molecule has 0 spiro atoms. The summed E-state index contributed by atoms with van der Waals surface area (Å²) >= 11 is 0. The molecule has 4 aromatic rings. The van der Waals surface area contributed by atoms with Crippen LogP contribution in [0.4, 0.5) is 5.69 Å². The van der Waals surface area contributed by atoms with E-state index < -0.39 is 0 Å². The number of methoxy groups -OCH3 is 2. The molecule has 1 amide bonds. The third kappa shape index (κ3) is 4.70. The zero-order chi connectivity index (χ0) is 22.3. The summed E-state index contributed by atoms with van der Waals surface area (Å²) in [7, 11) is 3.13. The van der Waals surface area contributed by atoms with Gasteiger partial charge in [0.05, 0.1) is 25.5 Å². The van der Waals surface area contributed by atoms with Crippen LogP contribution < -0.4 is 19.5 Å². The highest BCUT2D eigenvalue weighted by atomic mass is 16.5. The van der Waals surface area contributed by atoms with Crippen LogP contribution in [0.2, 0.25) is 0 Å². The summed E-state index contributed by atoms with van der Waals surface area (Å²) in [5.41, 5.74) is 1.84. The molecule has 0 aliphatic heterocycles. The van der Waals surface area contributed by atoms with Crippen LogP contribution in [-0.2, 0) is 4.79 Å². The molecule has 0 aliphatic carbocycles. The summed E-state index contributed by atoms with van der Waals surface area (Å²) in [6, 6.07) is 21.7. The van der Waals surface area contributed by atoms with Crippen LogP contribution in [0.25, 0.3) is 22.8 Å². The molecule has 8 nitrogen and oxygen atoms in total. The van der Waals surface area contributed by atoms with Crippen molar-refractivity contribution in [1.82, 2.24) is 10.1 Å². The first kappa shape index (κ1) is 20.9. The summed E-state index contributed by atoms with van der Waals surface area (Å²) in [6.07, 6.45) is 0. The van der Waals surface area contributed by atoms with Gasteiger partial charge in [-0.05, 0) is 42.5 Å². The van der Waals surface area contributed by atoms with Gasteiger partial charge in [0.1, 0.15) is 5.75 Å². The van der Waals surface area contributed by atoms with E-state index in [2.05, 4.69) is 15.5 Å². The number of hydrogen-bond donors (Lipinski definition) is 1. The predicted octanol–water partition coefficient (Wildman–Crippen LogP) is 4.44. The van der Waals surface area contributed by atoms with Gasteiger partial charge in [0.2, 0.25) is 5.82 Å². The quantitative estimate of drug-likeness (QED) is 0.441. The van der Waals surface area contributed by atoms with Gasteiger partial charge in [-0.15, -0.1) is 0 Å². The number of carbonyl (C=O) groups excluding carboxylic acids is 1. The topological polar surface area (TPSA) is 95.7 Å². The van der Waals surface area contributed by atoms with Crippen LogP contribution in [0.3, 0.4) is 0 Å². The van der Waals surface area contributed by atoms with Gasteiger partial charge >= 0.3 is 0 Å². The molecule has 32 heavy (non-hydrogen) atoms. The molecule has 0 bridgehead atoms. The number of carbonyl (C=O) groups is 1. The fraction of sp³-hybridized carbons (Fsp3) is 0.125. The number of anilines is 1. The first-order chi connectivity index (χ1) is 15.7. The number of benzene rings is 3. The number of para-hydroxylation sites is 2. The van der Waals surface area contributed by atoms with Crippen LogP contribution in [0, 0.1) is 0 Å². The maximum Gasteiger partial charge on any atom is 0.262 e. The molecule has 0 atom stereocenters. The SMILES string of the molecule is COc1ccc(-c2noc(-c3ccccc3NC(=O)COc3ccccc3)n2)cc1OC. The van der Waals surface area contributed by atoms with Crippen LogP contribution in [-0.4, -0.2) is 36.9 Å². The molecule has 0 radical (unpaired) electrons. The second kappa shape index (κ2) is 9.65. The first-order valence-electron chi connectivity index (χ1n) is 9.81. The van der Waals surface area contributed by atoms with Gasteiger partial charge in [0.25, 0.3) is 11.8 Å². The Morgan fingerprint density at radius 1 is 0.938 bits per heavy atom. The monoisotopic (exact) mass is 431 g/mol. The first-order valence-corrected chi connectivity index (χ1v) is 9.81. The number of amides is 1. The van der Waals surface area contributed by atoms with E-state index in [1.165, 1.54) is 0 Å². The zero-order valence-corrected chi connectivity index (χ0v) is 17.6. The second-order valence-corrected chi connectivity index (χ2v) is 6.69. The molecule has 8 heteroatoms. The van der Waals surface area contributed by atoms with Gasteiger partial charge < -0.3 is 24.1 Å². The Morgan fingerprint density at radius 3 is 2.47 bits per heavy atom. The van der Waals surface area contributed by atoms with Gasteiger partial charge in [0, 0.05) is 5.56 Å². The molecular formula is C24H21N3O5. The van der Waals surface area contributed by atoms with E-state index in [1.54, 1.807) is 50.6 Å². The molecule has 1 aromatic heterocycles. The van der Waals surface area contributed by atoms with Crippen molar-refractivity contribution in [1.29, 1.82) is 0 Å². The highest BCUT2D eigenvalue weighted by molar-refractivity contribution is 5.95. The number of aromatic nitrogens is 2. The molecular weight excluding hydrogens is 410 g/mol. The maximum absolute atomic E-state index is 12.4. The lowest BCUT2D eigenvalue weighted by molar-refractivity contribution is -0.118. The summed E-state index contributed by atoms with van der Waals surface area (Å²) in [5, 5.41) is 6.90. The van der Waals surface area contributed by atoms with Crippen LogP contribution in [0.1, 0.15) is 0 Å². The van der Waals surface area contributed by atoms with E-state index >= 15 is 0 Å². The highest BCUT2D eigenvalue weighted by Crippen LogP contribution is 2.33. The Morgan fingerprint density at radius 2 is 1.69 bits per heavy atom. The average molecular weight is 431 g/mol. The van der Waals surface area contributed by atoms with Crippen LogP contribution in [0.5, 0.6) is 17.2 Å². The number of nitrogens with zero attached hydrogens (tertiary/aromatic N) is 2. The summed E-state index contributed by atoms with van der Waals surface area (Å²) in [6.45, 7) is -0.126.